The first-order chi connectivity index (χ1) is 9.70. The van der Waals surface area contributed by atoms with Gasteiger partial charge in [-0.05, 0) is 37.7 Å². The number of benzene rings is 1. The molecule has 0 bridgehead atoms. The van der Waals surface area contributed by atoms with Crippen molar-refractivity contribution >= 4 is 17.7 Å². The molecule has 1 atom stereocenters. The zero-order chi connectivity index (χ0) is 14.4. The van der Waals surface area contributed by atoms with E-state index in [4.69, 9.17) is 5.73 Å². The Labute approximate surface area is 124 Å². The molecular weight excluding hydrogens is 268 g/mol. The van der Waals surface area contributed by atoms with Crippen LogP contribution >= 0.6 is 11.8 Å². The number of nitrogens with two attached hydrogens (primary N) is 1. The van der Waals surface area contributed by atoms with Crippen LogP contribution in [0.1, 0.15) is 34.3 Å². The molecule has 0 spiro atoms. The molecule has 3 nitrogen and oxygen atoms in total. The summed E-state index contributed by atoms with van der Waals surface area (Å²) in [5.41, 5.74) is 7.87. The van der Waals surface area contributed by atoms with Crippen LogP contribution in [0.4, 0.5) is 0 Å². The third-order valence-corrected chi connectivity index (χ3v) is 4.46. The Balaban J connectivity index is 2.16. The van der Waals surface area contributed by atoms with Crippen molar-refractivity contribution in [1.82, 2.24) is 5.32 Å². The van der Waals surface area contributed by atoms with Crippen LogP contribution in [0.3, 0.4) is 0 Å². The van der Waals surface area contributed by atoms with E-state index >= 15 is 0 Å². The lowest BCUT2D eigenvalue weighted by Gasteiger charge is -2.22. The molecule has 4 heteroatoms. The van der Waals surface area contributed by atoms with E-state index in [1.165, 1.54) is 12.2 Å². The average Bonchev–Trinajstić information content (AvgIpc) is 2.47. The lowest BCUT2D eigenvalue weighted by molar-refractivity contribution is 0.0938. The number of carbonyl (C=O) groups excluding carboxylic acids is 1. The van der Waals surface area contributed by atoms with Crippen molar-refractivity contribution in [2.75, 3.05) is 18.1 Å². The summed E-state index contributed by atoms with van der Waals surface area (Å²) in [6, 6.07) is 6.03. The SMILES string of the molecule is Cc1ccc(C#CCN)c(C(=O)NC2CCCSC2)c1. The minimum atomic E-state index is -0.0254. The quantitative estimate of drug-likeness (QED) is 0.818. The summed E-state index contributed by atoms with van der Waals surface area (Å²) in [6.07, 6.45) is 2.23. The highest BCUT2D eigenvalue weighted by atomic mass is 32.2. The molecule has 0 saturated carbocycles. The first-order valence-corrected chi connectivity index (χ1v) is 8.04. The first kappa shape index (κ1) is 15.0. The number of hydrogen-bond donors (Lipinski definition) is 2. The van der Waals surface area contributed by atoms with Gasteiger partial charge in [0, 0.05) is 17.4 Å². The fourth-order valence-corrected chi connectivity index (χ4v) is 3.29. The van der Waals surface area contributed by atoms with Crippen molar-refractivity contribution in [1.29, 1.82) is 0 Å². The second-order valence-corrected chi connectivity index (χ2v) is 6.09. The molecule has 1 aromatic carbocycles. The van der Waals surface area contributed by atoms with Gasteiger partial charge in [-0.1, -0.05) is 23.5 Å². The van der Waals surface area contributed by atoms with Crippen molar-refractivity contribution in [3.63, 3.8) is 0 Å². The molecule has 1 heterocycles. The minimum Gasteiger partial charge on any atom is -0.348 e. The summed E-state index contributed by atoms with van der Waals surface area (Å²) >= 11 is 1.90. The molecule has 0 aromatic heterocycles. The Morgan fingerprint density at radius 1 is 1.55 bits per heavy atom. The van der Waals surface area contributed by atoms with Gasteiger partial charge in [0.25, 0.3) is 5.91 Å². The number of carbonyl (C=O) groups is 1. The van der Waals surface area contributed by atoms with Crippen LogP contribution in [-0.4, -0.2) is 30.0 Å². The highest BCUT2D eigenvalue weighted by Gasteiger charge is 2.18. The van der Waals surface area contributed by atoms with E-state index in [1.54, 1.807) is 0 Å². The van der Waals surface area contributed by atoms with E-state index < -0.39 is 0 Å². The Morgan fingerprint density at radius 3 is 3.10 bits per heavy atom. The molecule has 1 unspecified atom stereocenters. The molecule has 1 aliphatic rings. The molecule has 0 radical (unpaired) electrons. The van der Waals surface area contributed by atoms with Crippen molar-refractivity contribution in [2.24, 2.45) is 5.73 Å². The Bertz CT molecular complexity index is 539. The molecule has 20 heavy (non-hydrogen) atoms. The summed E-state index contributed by atoms with van der Waals surface area (Å²) < 4.78 is 0. The molecular formula is C16H20N2OS. The third-order valence-electron chi connectivity index (χ3n) is 3.24. The third kappa shape index (κ3) is 4.03. The normalized spacial score (nSPS) is 18.0. The van der Waals surface area contributed by atoms with Crippen molar-refractivity contribution in [2.45, 2.75) is 25.8 Å². The van der Waals surface area contributed by atoms with Gasteiger partial charge in [-0.25, -0.2) is 0 Å². The van der Waals surface area contributed by atoms with E-state index in [0.29, 0.717) is 12.1 Å². The van der Waals surface area contributed by atoms with Crippen LogP contribution in [0.25, 0.3) is 0 Å². The van der Waals surface area contributed by atoms with Crippen LogP contribution in [-0.2, 0) is 0 Å². The molecule has 3 N–H and O–H groups in total. The fourth-order valence-electron chi connectivity index (χ4n) is 2.22. The van der Waals surface area contributed by atoms with Gasteiger partial charge in [0.15, 0.2) is 0 Å². The maximum absolute atomic E-state index is 12.4. The maximum Gasteiger partial charge on any atom is 0.252 e. The van der Waals surface area contributed by atoms with Crippen molar-refractivity contribution in [3.8, 4) is 11.8 Å². The maximum atomic E-state index is 12.4. The zero-order valence-corrected chi connectivity index (χ0v) is 12.6. The molecule has 1 aromatic rings. The van der Waals surface area contributed by atoms with Crippen LogP contribution in [0.2, 0.25) is 0 Å². The average molecular weight is 288 g/mol. The Hall–Kier alpha value is -1.44. The van der Waals surface area contributed by atoms with Crippen LogP contribution in [0.15, 0.2) is 18.2 Å². The highest BCUT2D eigenvalue weighted by molar-refractivity contribution is 7.99. The van der Waals surface area contributed by atoms with Crippen LogP contribution < -0.4 is 11.1 Å². The number of aryl methyl sites for hydroxylation is 1. The van der Waals surface area contributed by atoms with Gasteiger partial charge in [0.05, 0.1) is 12.1 Å². The summed E-state index contributed by atoms with van der Waals surface area (Å²) in [4.78, 5) is 12.4. The van der Waals surface area contributed by atoms with E-state index in [1.807, 2.05) is 36.9 Å². The second-order valence-electron chi connectivity index (χ2n) is 4.94. The number of rotatable bonds is 2. The van der Waals surface area contributed by atoms with E-state index in [0.717, 1.165) is 23.3 Å². The molecule has 106 valence electrons. The van der Waals surface area contributed by atoms with Gasteiger partial charge in [0.2, 0.25) is 0 Å². The van der Waals surface area contributed by atoms with Crippen LogP contribution in [0, 0.1) is 18.8 Å². The number of nitrogens with one attached hydrogen (secondary N) is 1. The number of hydrogen-bond acceptors (Lipinski definition) is 3. The van der Waals surface area contributed by atoms with E-state index in [2.05, 4.69) is 17.2 Å². The summed E-state index contributed by atoms with van der Waals surface area (Å²) in [6.45, 7) is 2.28. The molecule has 1 aliphatic heterocycles. The standard InChI is InChI=1S/C16H20N2OS/c1-12-6-7-13(4-2-8-17)15(10-12)16(19)18-14-5-3-9-20-11-14/h6-7,10,14H,3,5,8-9,11,17H2,1H3,(H,18,19). The van der Waals surface area contributed by atoms with Crippen molar-refractivity contribution in [3.05, 3.63) is 34.9 Å². The highest BCUT2D eigenvalue weighted by Crippen LogP contribution is 2.18. The minimum absolute atomic E-state index is 0.0254. The number of amides is 1. The first-order valence-electron chi connectivity index (χ1n) is 6.89. The summed E-state index contributed by atoms with van der Waals surface area (Å²) in [5.74, 6) is 7.97. The lowest BCUT2D eigenvalue weighted by atomic mass is 10.0. The molecule has 2 rings (SSSR count). The molecule has 1 amide bonds. The largest absolute Gasteiger partial charge is 0.348 e. The fraction of sp³-hybridized carbons (Fsp3) is 0.438. The summed E-state index contributed by atoms with van der Waals surface area (Å²) in [5, 5.41) is 3.12. The van der Waals surface area contributed by atoms with Gasteiger partial charge < -0.3 is 11.1 Å². The zero-order valence-electron chi connectivity index (χ0n) is 11.7. The lowest BCUT2D eigenvalue weighted by Crippen LogP contribution is -2.38. The van der Waals surface area contributed by atoms with Gasteiger partial charge >= 0.3 is 0 Å². The van der Waals surface area contributed by atoms with Gasteiger partial charge in [0.1, 0.15) is 0 Å². The number of thioether (sulfide) groups is 1. The van der Waals surface area contributed by atoms with Gasteiger partial charge in [-0.2, -0.15) is 11.8 Å². The smallest absolute Gasteiger partial charge is 0.252 e. The Morgan fingerprint density at radius 2 is 2.40 bits per heavy atom. The van der Waals surface area contributed by atoms with E-state index in [-0.39, 0.29) is 11.9 Å². The molecule has 1 saturated heterocycles. The monoisotopic (exact) mass is 288 g/mol. The molecule has 0 aliphatic carbocycles. The topological polar surface area (TPSA) is 55.1 Å². The summed E-state index contributed by atoms with van der Waals surface area (Å²) in [7, 11) is 0. The molecule has 1 fully saturated rings. The predicted molar refractivity (Wildman–Crippen MR) is 84.9 cm³/mol. The predicted octanol–water partition coefficient (Wildman–Crippen LogP) is 1.93. The Kier molecular flexibility index (Phi) is 5.51. The van der Waals surface area contributed by atoms with Crippen molar-refractivity contribution < 1.29 is 4.79 Å². The van der Waals surface area contributed by atoms with E-state index in [9.17, 15) is 4.79 Å². The second kappa shape index (κ2) is 7.37. The van der Waals surface area contributed by atoms with Gasteiger partial charge in [-0.15, -0.1) is 0 Å². The van der Waals surface area contributed by atoms with Crippen LogP contribution in [0.5, 0.6) is 0 Å². The van der Waals surface area contributed by atoms with Gasteiger partial charge in [-0.3, -0.25) is 4.79 Å².